The van der Waals surface area contributed by atoms with Crippen LogP contribution in [0.5, 0.6) is 17.2 Å². The molecule has 6 unspecified atom stereocenters. The maximum atomic E-state index is 14.5. The molecule has 6 atom stereocenters. The van der Waals surface area contributed by atoms with Crippen molar-refractivity contribution in [2.75, 3.05) is 24.0 Å². The molecule has 3 amide bonds. The lowest BCUT2D eigenvalue weighted by atomic mass is 9.83. The zero-order chi connectivity index (χ0) is 52.7. The number of aliphatic hydroxyl groups excluding tert-OH is 1. The molecule has 74 heavy (non-hydrogen) atoms. The Morgan fingerprint density at radius 3 is 2.05 bits per heavy atom. The number of aryl methyl sites for hydroxylation is 1. The summed E-state index contributed by atoms with van der Waals surface area (Å²) in [6, 6.07) is 26.8. The first-order valence-electron chi connectivity index (χ1n) is 25.7. The molecule has 0 radical (unpaired) electrons. The van der Waals surface area contributed by atoms with Crippen LogP contribution in [-0.4, -0.2) is 107 Å². The molecule has 394 valence electrons. The molecular formula is C57H69N5O10S2. The molecule has 5 N–H and O–H groups in total. The van der Waals surface area contributed by atoms with Gasteiger partial charge in [-0.3, -0.25) is 18.7 Å². The van der Waals surface area contributed by atoms with E-state index >= 15 is 0 Å². The van der Waals surface area contributed by atoms with Crippen molar-refractivity contribution >= 4 is 55.9 Å². The lowest BCUT2D eigenvalue weighted by Gasteiger charge is -2.35. The van der Waals surface area contributed by atoms with Crippen LogP contribution in [0.15, 0.2) is 103 Å². The average Bonchev–Trinajstić information content (AvgIpc) is 4.19. The summed E-state index contributed by atoms with van der Waals surface area (Å²) in [4.78, 5) is 47.6. The summed E-state index contributed by atoms with van der Waals surface area (Å²) in [7, 11) is -3.90. The van der Waals surface area contributed by atoms with E-state index in [-0.39, 0.29) is 68.1 Å². The first-order valence-corrected chi connectivity index (χ1v) is 28.1. The minimum Gasteiger partial charge on any atom is -0.508 e. The number of benzene rings is 4. The van der Waals surface area contributed by atoms with Crippen LogP contribution in [0.3, 0.4) is 0 Å². The summed E-state index contributed by atoms with van der Waals surface area (Å²) < 4.78 is 42.8. The predicted molar refractivity (Wildman–Crippen MR) is 288 cm³/mol. The van der Waals surface area contributed by atoms with Gasteiger partial charge in [0, 0.05) is 32.5 Å². The zero-order valence-corrected chi connectivity index (χ0v) is 44.5. The average molecular weight is 1050 g/mol. The highest BCUT2D eigenvalue weighted by atomic mass is 32.2. The Morgan fingerprint density at radius 1 is 0.838 bits per heavy atom. The Kier molecular flexibility index (Phi) is 17.2. The number of phenolic OH excluding ortho intramolecular Hbond substituents is 2. The third-order valence-electron chi connectivity index (χ3n) is 14.2. The smallest absolute Gasteiger partial charge is 0.246 e. The normalized spacial score (nSPS) is 19.9. The second-order valence-corrected chi connectivity index (χ2v) is 23.5. The monoisotopic (exact) mass is 1050 g/mol. The number of phenols is 2. The summed E-state index contributed by atoms with van der Waals surface area (Å²) >= 11 is 1.58. The second kappa shape index (κ2) is 23.5. The van der Waals surface area contributed by atoms with Gasteiger partial charge in [0.2, 0.25) is 27.7 Å². The highest BCUT2D eigenvalue weighted by Crippen LogP contribution is 2.51. The maximum absolute atomic E-state index is 14.5. The number of amides is 3. The number of nitrogens with one attached hydrogen (secondary N) is 2. The first kappa shape index (κ1) is 54.0. The van der Waals surface area contributed by atoms with Crippen LogP contribution in [0.25, 0.3) is 21.6 Å². The van der Waals surface area contributed by atoms with E-state index in [4.69, 9.17) is 9.47 Å². The van der Waals surface area contributed by atoms with Crippen molar-refractivity contribution in [1.29, 1.82) is 0 Å². The number of anilines is 1. The minimum absolute atomic E-state index is 0.0116. The summed E-state index contributed by atoms with van der Waals surface area (Å²) in [5.41, 5.74) is 7.88. The van der Waals surface area contributed by atoms with E-state index < -0.39 is 51.1 Å². The minimum atomic E-state index is -3.90. The Bertz CT molecular complexity index is 2880. The van der Waals surface area contributed by atoms with Crippen LogP contribution in [0.1, 0.15) is 108 Å². The fraction of sp³-hybridized carbons (Fsp3) is 0.439. The first-order chi connectivity index (χ1) is 35.4. The van der Waals surface area contributed by atoms with Gasteiger partial charge in [-0.1, -0.05) is 95.0 Å². The van der Waals surface area contributed by atoms with Gasteiger partial charge in [-0.2, -0.15) is 0 Å². The Labute approximate surface area is 438 Å². The molecule has 0 spiro atoms. The molecule has 0 aliphatic carbocycles. The van der Waals surface area contributed by atoms with Gasteiger partial charge in [0.15, 0.2) is 0 Å². The number of thiazole rings is 1. The van der Waals surface area contributed by atoms with E-state index in [2.05, 4.69) is 15.6 Å². The van der Waals surface area contributed by atoms with Gasteiger partial charge in [-0.05, 0) is 120 Å². The molecule has 4 aromatic carbocycles. The number of likely N-dealkylation sites (tertiary alicyclic amines) is 1. The van der Waals surface area contributed by atoms with Crippen molar-refractivity contribution in [3.05, 3.63) is 125 Å². The van der Waals surface area contributed by atoms with Gasteiger partial charge in [0.25, 0.3) is 0 Å². The number of β-amino-alcohol motifs (C(OH)–C–C–N with tert-alkyl or cyclic N) is 1. The van der Waals surface area contributed by atoms with Crippen LogP contribution in [0.4, 0.5) is 5.69 Å². The molecule has 3 aliphatic heterocycles. The number of sulfonamides is 1. The lowest BCUT2D eigenvalue weighted by molar-refractivity contribution is -0.144. The molecule has 5 aromatic rings. The van der Waals surface area contributed by atoms with E-state index in [0.717, 1.165) is 76.1 Å². The lowest BCUT2D eigenvalue weighted by Crippen LogP contribution is -2.57. The largest absolute Gasteiger partial charge is 0.508 e. The highest BCUT2D eigenvalue weighted by molar-refractivity contribution is 7.93. The highest BCUT2D eigenvalue weighted by Gasteiger charge is 2.54. The van der Waals surface area contributed by atoms with E-state index in [1.165, 1.54) is 9.21 Å². The fourth-order valence-corrected chi connectivity index (χ4v) is 13.2. The number of nitrogens with zero attached hydrogens (tertiary/aromatic N) is 3. The van der Waals surface area contributed by atoms with Gasteiger partial charge in [-0.15, -0.1) is 11.3 Å². The SMILES string of the molecule is CCN(c1ccc(OCCCCCCCCC(=O)NC(C(=O)N2CC(O)CC2C(=O)NCc2ccc(-c3scnc3C)cc2)C(C)(C)C)cc1)S(=O)(=O)C1CC2OC1C(c1ccc(O)cc1)=C2c1ccc(O)cc1. The molecule has 15 nitrogen and oxygen atoms in total. The summed E-state index contributed by atoms with van der Waals surface area (Å²) in [6.07, 6.45) is 3.77. The number of fused-ring (bicyclic) bond motifs is 2. The van der Waals surface area contributed by atoms with Crippen LogP contribution < -0.4 is 19.7 Å². The Balaban J connectivity index is 0.752. The van der Waals surface area contributed by atoms with Crippen LogP contribution in [0.2, 0.25) is 0 Å². The van der Waals surface area contributed by atoms with Crippen LogP contribution in [0, 0.1) is 12.3 Å². The van der Waals surface area contributed by atoms with Crippen molar-refractivity contribution in [2.45, 2.75) is 135 Å². The molecule has 17 heteroatoms. The van der Waals surface area contributed by atoms with Crippen LogP contribution in [-0.2, 0) is 35.7 Å². The number of aliphatic hydroxyl groups is 1. The van der Waals surface area contributed by atoms with Gasteiger partial charge in [0.1, 0.15) is 40.7 Å². The summed E-state index contributed by atoms with van der Waals surface area (Å²) in [6.45, 7) is 10.4. The second-order valence-electron chi connectivity index (χ2n) is 20.6. The number of rotatable bonds is 22. The zero-order valence-electron chi connectivity index (χ0n) is 42.8. The van der Waals surface area contributed by atoms with Crippen molar-refractivity contribution in [3.63, 3.8) is 0 Å². The van der Waals surface area contributed by atoms with Gasteiger partial charge >= 0.3 is 0 Å². The fourth-order valence-electron chi connectivity index (χ4n) is 10.3. The van der Waals surface area contributed by atoms with E-state index in [1.807, 2.05) is 64.4 Å². The number of carbonyl (C=O) groups is 3. The number of carbonyl (C=O) groups excluding carboxylic acids is 3. The molecule has 1 aromatic heterocycles. The molecule has 4 heterocycles. The molecule has 3 aliphatic rings. The molecule has 2 saturated heterocycles. The molecule has 0 saturated carbocycles. The predicted octanol–water partition coefficient (Wildman–Crippen LogP) is 8.76. The van der Waals surface area contributed by atoms with Crippen molar-refractivity contribution in [1.82, 2.24) is 20.5 Å². The van der Waals surface area contributed by atoms with Gasteiger partial charge in [0.05, 0.1) is 40.6 Å². The molecular weight excluding hydrogens is 979 g/mol. The topological polar surface area (TPSA) is 208 Å². The number of hydrogen-bond donors (Lipinski definition) is 5. The molecule has 8 rings (SSSR count). The van der Waals surface area contributed by atoms with Gasteiger partial charge < -0.3 is 40.3 Å². The summed E-state index contributed by atoms with van der Waals surface area (Å²) in [5.74, 6) is -0.0899. The number of aromatic nitrogens is 1. The Hall–Kier alpha value is -6.27. The molecule has 2 fully saturated rings. The van der Waals surface area contributed by atoms with Crippen molar-refractivity contribution < 1.29 is 47.6 Å². The quantitative estimate of drug-likeness (QED) is 0.0414. The van der Waals surface area contributed by atoms with Gasteiger partial charge in [-0.25, -0.2) is 13.4 Å². The summed E-state index contributed by atoms with van der Waals surface area (Å²) in [5, 5.41) is 35.6. The van der Waals surface area contributed by atoms with E-state index in [0.29, 0.717) is 24.5 Å². The van der Waals surface area contributed by atoms with Crippen molar-refractivity contribution in [3.8, 4) is 27.7 Å². The van der Waals surface area contributed by atoms with Crippen LogP contribution >= 0.6 is 11.3 Å². The van der Waals surface area contributed by atoms with Crippen molar-refractivity contribution in [2.24, 2.45) is 5.41 Å². The number of unbranched alkanes of at least 4 members (excludes halogenated alkanes) is 5. The maximum Gasteiger partial charge on any atom is 0.246 e. The third kappa shape index (κ3) is 12.5. The third-order valence-corrected chi connectivity index (χ3v) is 17.5. The Morgan fingerprint density at radius 2 is 1.45 bits per heavy atom. The number of aromatic hydroxyl groups is 2. The standard InChI is InChI=1S/C57H69N5O10S2/c1-6-62(74(69,70)48-32-47-50(38-18-24-42(63)25-19-38)51(52(48)72-47)39-20-26-43(64)27-21-39)41-22-28-45(29-23-41)71-30-12-10-8-7-9-11-13-49(66)60-54(57(3,4)5)56(68)61-34-44(65)31-46(61)55(67)58-33-37-14-16-40(17-15-37)53-36(2)59-35-73-53/h14-29,35,44,46-48,52,54,63-65H,6-13,30-34H2,1-5H3,(H,58,67)(H,60,66). The van der Waals surface area contributed by atoms with E-state index in [9.17, 15) is 38.1 Å². The molecule has 2 bridgehead atoms. The number of hydrogen-bond acceptors (Lipinski definition) is 12. The number of ether oxygens (including phenoxy) is 2. The van der Waals surface area contributed by atoms with E-state index in [1.54, 1.807) is 84.1 Å².